The summed E-state index contributed by atoms with van der Waals surface area (Å²) in [5, 5.41) is 0. The first-order chi connectivity index (χ1) is 11.7. The van der Waals surface area contributed by atoms with Crippen molar-refractivity contribution in [3.8, 4) is 11.3 Å². The smallest absolute Gasteiger partial charge is 0.338 e. The maximum atomic E-state index is 13.5. The van der Waals surface area contributed by atoms with Gasteiger partial charge < -0.3 is 9.15 Å². The number of aldehydes is 1. The van der Waals surface area contributed by atoms with Gasteiger partial charge in [0.1, 0.15) is 18.2 Å². The number of hydrogen-bond acceptors (Lipinski definition) is 4. The zero-order valence-corrected chi connectivity index (χ0v) is 12.6. The van der Waals surface area contributed by atoms with Crippen molar-refractivity contribution in [2.75, 3.05) is 0 Å². The Kier molecular flexibility index (Phi) is 4.52. The third-order valence-corrected chi connectivity index (χ3v) is 3.46. The summed E-state index contributed by atoms with van der Waals surface area (Å²) < 4.78 is 23.9. The van der Waals surface area contributed by atoms with Crippen LogP contribution in [0.25, 0.3) is 11.3 Å². The molecule has 0 atom stereocenters. The molecule has 0 radical (unpaired) electrons. The number of esters is 1. The van der Waals surface area contributed by atoms with Crippen molar-refractivity contribution in [2.24, 2.45) is 0 Å². The molecule has 0 saturated carbocycles. The van der Waals surface area contributed by atoms with E-state index in [1.165, 1.54) is 6.07 Å². The molecule has 0 amide bonds. The molecule has 0 unspecified atom stereocenters. The van der Waals surface area contributed by atoms with E-state index in [4.69, 9.17) is 9.15 Å². The van der Waals surface area contributed by atoms with Crippen LogP contribution in [0.2, 0.25) is 0 Å². The van der Waals surface area contributed by atoms with E-state index in [0.717, 1.165) is 5.56 Å². The molecule has 2 aromatic carbocycles. The Balaban J connectivity index is 1.67. The molecule has 1 heterocycles. The topological polar surface area (TPSA) is 56.5 Å². The van der Waals surface area contributed by atoms with Crippen LogP contribution in [0.1, 0.15) is 26.5 Å². The molecule has 0 saturated heterocycles. The summed E-state index contributed by atoms with van der Waals surface area (Å²) in [4.78, 5) is 22.6. The summed E-state index contributed by atoms with van der Waals surface area (Å²) in [6, 6.07) is 15.9. The average Bonchev–Trinajstić information content (AvgIpc) is 3.10. The Morgan fingerprint density at radius 1 is 1.04 bits per heavy atom. The van der Waals surface area contributed by atoms with E-state index in [0.29, 0.717) is 23.2 Å². The highest BCUT2D eigenvalue weighted by atomic mass is 19.1. The van der Waals surface area contributed by atoms with Crippen LogP contribution >= 0.6 is 0 Å². The molecule has 3 rings (SSSR count). The van der Waals surface area contributed by atoms with E-state index in [-0.39, 0.29) is 12.4 Å². The van der Waals surface area contributed by atoms with Crippen LogP contribution in [0.3, 0.4) is 0 Å². The Morgan fingerprint density at radius 2 is 1.79 bits per heavy atom. The monoisotopic (exact) mass is 324 g/mol. The molecule has 0 fully saturated rings. The number of ether oxygens (including phenoxy) is 1. The predicted octanol–water partition coefficient (Wildman–Crippen LogP) is 4.26. The molecule has 4 nitrogen and oxygen atoms in total. The first kappa shape index (κ1) is 15.7. The lowest BCUT2D eigenvalue weighted by molar-refractivity contribution is 0.0469. The molecular formula is C19H13FO4. The first-order valence-corrected chi connectivity index (χ1v) is 7.23. The lowest BCUT2D eigenvalue weighted by atomic mass is 10.1. The second kappa shape index (κ2) is 6.91. The van der Waals surface area contributed by atoms with Gasteiger partial charge in [0.25, 0.3) is 0 Å². The van der Waals surface area contributed by atoms with Crippen molar-refractivity contribution >= 4 is 12.3 Å². The molecule has 0 aliphatic heterocycles. The zero-order chi connectivity index (χ0) is 16.9. The summed E-state index contributed by atoms with van der Waals surface area (Å²) in [7, 11) is 0. The van der Waals surface area contributed by atoms with Crippen LogP contribution in [0.15, 0.2) is 65.1 Å². The van der Waals surface area contributed by atoms with Gasteiger partial charge in [0.2, 0.25) is 0 Å². The van der Waals surface area contributed by atoms with Gasteiger partial charge in [-0.2, -0.15) is 0 Å². The van der Waals surface area contributed by atoms with Gasteiger partial charge in [0.15, 0.2) is 12.0 Å². The third-order valence-electron chi connectivity index (χ3n) is 3.46. The summed E-state index contributed by atoms with van der Waals surface area (Å²) >= 11 is 0. The van der Waals surface area contributed by atoms with Gasteiger partial charge in [-0.1, -0.05) is 30.3 Å². The molecule has 0 bridgehead atoms. The fourth-order valence-corrected chi connectivity index (χ4v) is 2.18. The molecule has 0 aliphatic rings. The standard InChI is InChI=1S/C19H13FO4/c20-17-4-2-1-3-15(17)12-23-19(22)14-7-5-13(6-8-14)18-10-9-16(11-21)24-18/h1-11H,12H2. The molecule has 3 aromatic rings. The maximum Gasteiger partial charge on any atom is 0.338 e. The SMILES string of the molecule is O=Cc1ccc(-c2ccc(C(=O)OCc3ccccc3F)cc2)o1. The van der Waals surface area contributed by atoms with Crippen molar-refractivity contribution in [3.05, 3.63) is 83.4 Å². The van der Waals surface area contributed by atoms with Crippen molar-refractivity contribution in [1.82, 2.24) is 0 Å². The van der Waals surface area contributed by atoms with E-state index in [2.05, 4.69) is 0 Å². The summed E-state index contributed by atoms with van der Waals surface area (Å²) in [5.41, 5.74) is 1.39. The number of rotatable bonds is 5. The van der Waals surface area contributed by atoms with Crippen LogP contribution in [-0.4, -0.2) is 12.3 Å². The summed E-state index contributed by atoms with van der Waals surface area (Å²) in [5.74, 6) is -0.191. The minimum absolute atomic E-state index is 0.131. The summed E-state index contributed by atoms with van der Waals surface area (Å²) in [6.45, 7) is -0.131. The number of benzene rings is 2. The number of hydrogen-bond donors (Lipinski definition) is 0. The van der Waals surface area contributed by atoms with Crippen LogP contribution in [0, 0.1) is 5.82 Å². The van der Waals surface area contributed by atoms with E-state index >= 15 is 0 Å². The average molecular weight is 324 g/mol. The van der Waals surface area contributed by atoms with Gasteiger partial charge in [-0.25, -0.2) is 9.18 Å². The normalized spacial score (nSPS) is 10.4. The van der Waals surface area contributed by atoms with Gasteiger partial charge in [0, 0.05) is 11.1 Å². The fourth-order valence-electron chi connectivity index (χ4n) is 2.18. The molecule has 120 valence electrons. The largest absolute Gasteiger partial charge is 0.457 e. The third kappa shape index (κ3) is 3.41. The van der Waals surface area contributed by atoms with Crippen LogP contribution in [0.4, 0.5) is 4.39 Å². The molecular weight excluding hydrogens is 311 g/mol. The minimum atomic E-state index is -0.544. The molecule has 24 heavy (non-hydrogen) atoms. The van der Waals surface area contributed by atoms with Crippen LogP contribution in [0.5, 0.6) is 0 Å². The zero-order valence-electron chi connectivity index (χ0n) is 12.6. The van der Waals surface area contributed by atoms with E-state index < -0.39 is 11.8 Å². The van der Waals surface area contributed by atoms with Gasteiger partial charge >= 0.3 is 5.97 Å². The van der Waals surface area contributed by atoms with Crippen molar-refractivity contribution in [1.29, 1.82) is 0 Å². The Morgan fingerprint density at radius 3 is 2.46 bits per heavy atom. The number of carbonyl (C=O) groups excluding carboxylic acids is 2. The number of furan rings is 1. The first-order valence-electron chi connectivity index (χ1n) is 7.23. The second-order valence-electron chi connectivity index (χ2n) is 5.06. The van der Waals surface area contributed by atoms with Crippen molar-refractivity contribution in [3.63, 3.8) is 0 Å². The van der Waals surface area contributed by atoms with E-state index in [9.17, 15) is 14.0 Å². The molecule has 0 N–H and O–H groups in total. The quantitative estimate of drug-likeness (QED) is 0.520. The van der Waals surface area contributed by atoms with Gasteiger partial charge in [0.05, 0.1) is 5.56 Å². The van der Waals surface area contributed by atoms with Crippen molar-refractivity contribution in [2.45, 2.75) is 6.61 Å². The Labute approximate surface area is 137 Å². The molecule has 1 aromatic heterocycles. The van der Waals surface area contributed by atoms with Crippen LogP contribution < -0.4 is 0 Å². The molecule has 0 spiro atoms. The van der Waals surface area contributed by atoms with Crippen molar-refractivity contribution < 1.29 is 23.1 Å². The lowest BCUT2D eigenvalue weighted by Gasteiger charge is -2.06. The maximum absolute atomic E-state index is 13.5. The van der Waals surface area contributed by atoms with Gasteiger partial charge in [-0.3, -0.25) is 4.79 Å². The van der Waals surface area contributed by atoms with Crippen LogP contribution in [-0.2, 0) is 11.3 Å². The lowest BCUT2D eigenvalue weighted by Crippen LogP contribution is -2.06. The van der Waals surface area contributed by atoms with E-state index in [1.807, 2.05) is 0 Å². The Hall–Kier alpha value is -3.21. The highest BCUT2D eigenvalue weighted by Crippen LogP contribution is 2.22. The summed E-state index contributed by atoms with van der Waals surface area (Å²) in [6.07, 6.45) is 0.623. The fraction of sp³-hybridized carbons (Fsp3) is 0.0526. The molecule has 5 heteroatoms. The van der Waals surface area contributed by atoms with E-state index in [1.54, 1.807) is 54.6 Å². The number of carbonyl (C=O) groups is 2. The predicted molar refractivity (Wildman–Crippen MR) is 85.1 cm³/mol. The van der Waals surface area contributed by atoms with Gasteiger partial charge in [-0.15, -0.1) is 0 Å². The highest BCUT2D eigenvalue weighted by Gasteiger charge is 2.10. The number of halogens is 1. The van der Waals surface area contributed by atoms with Gasteiger partial charge in [-0.05, 0) is 30.3 Å². The highest BCUT2D eigenvalue weighted by molar-refractivity contribution is 5.90. The molecule has 0 aliphatic carbocycles. The minimum Gasteiger partial charge on any atom is -0.457 e. The second-order valence-corrected chi connectivity index (χ2v) is 5.06. The Bertz CT molecular complexity index is 865.